The van der Waals surface area contributed by atoms with Crippen molar-refractivity contribution < 1.29 is 14.3 Å². The van der Waals surface area contributed by atoms with Gasteiger partial charge in [0, 0.05) is 56.5 Å². The molecule has 0 bridgehead atoms. The molecule has 1 N–H and O–H groups in total. The first kappa shape index (κ1) is 19.5. The molecular weight excluding hydrogens is 366 g/mol. The van der Waals surface area contributed by atoms with Gasteiger partial charge in [0.05, 0.1) is 12.6 Å². The summed E-state index contributed by atoms with van der Waals surface area (Å²) in [5.41, 5.74) is 2.08. The zero-order chi connectivity index (χ0) is 19.2. The molecule has 7 heteroatoms. The van der Waals surface area contributed by atoms with E-state index in [2.05, 4.69) is 9.88 Å². The van der Waals surface area contributed by atoms with Gasteiger partial charge in [-0.1, -0.05) is 23.7 Å². The number of amides is 2. The van der Waals surface area contributed by atoms with Crippen LogP contribution < -0.4 is 5.32 Å². The van der Waals surface area contributed by atoms with Gasteiger partial charge < -0.3 is 19.5 Å². The van der Waals surface area contributed by atoms with Crippen molar-refractivity contribution in [3.8, 4) is 0 Å². The van der Waals surface area contributed by atoms with Crippen molar-refractivity contribution in [3.05, 3.63) is 58.9 Å². The summed E-state index contributed by atoms with van der Waals surface area (Å²) in [6.45, 7) is 2.27. The fraction of sp³-hybridized carbons (Fsp3) is 0.400. The molecular formula is C20H24ClN3O3. The number of hydrogen-bond acceptors (Lipinski definition) is 3. The predicted octanol–water partition coefficient (Wildman–Crippen LogP) is 2.62. The second-order valence-electron chi connectivity index (χ2n) is 6.51. The number of ether oxygens (including phenoxy) is 1. The maximum atomic E-state index is 12.9. The molecule has 0 saturated heterocycles. The molecule has 2 heterocycles. The van der Waals surface area contributed by atoms with Crippen LogP contribution in [0.15, 0.2) is 42.6 Å². The first-order valence-corrected chi connectivity index (χ1v) is 9.43. The third kappa shape index (κ3) is 4.70. The van der Waals surface area contributed by atoms with Crippen molar-refractivity contribution in [2.75, 3.05) is 26.8 Å². The van der Waals surface area contributed by atoms with Crippen molar-refractivity contribution in [2.45, 2.75) is 25.4 Å². The number of rotatable bonds is 7. The van der Waals surface area contributed by atoms with Gasteiger partial charge in [0.25, 0.3) is 0 Å². The van der Waals surface area contributed by atoms with Crippen LogP contribution in [0.25, 0.3) is 0 Å². The highest BCUT2D eigenvalue weighted by atomic mass is 35.5. The Labute approximate surface area is 164 Å². The highest BCUT2D eigenvalue weighted by molar-refractivity contribution is 6.30. The monoisotopic (exact) mass is 389 g/mol. The predicted molar refractivity (Wildman–Crippen MR) is 104 cm³/mol. The van der Waals surface area contributed by atoms with Crippen molar-refractivity contribution in [1.29, 1.82) is 0 Å². The molecule has 0 saturated carbocycles. The molecule has 1 aliphatic heterocycles. The van der Waals surface area contributed by atoms with E-state index < -0.39 is 0 Å². The van der Waals surface area contributed by atoms with Gasteiger partial charge in [-0.2, -0.15) is 0 Å². The van der Waals surface area contributed by atoms with Gasteiger partial charge in [0.1, 0.15) is 0 Å². The van der Waals surface area contributed by atoms with Crippen LogP contribution in [-0.4, -0.2) is 48.1 Å². The summed E-state index contributed by atoms with van der Waals surface area (Å²) in [5.74, 6) is -0.159. The first-order valence-electron chi connectivity index (χ1n) is 9.05. The number of benzene rings is 1. The van der Waals surface area contributed by atoms with E-state index in [1.165, 1.54) is 0 Å². The van der Waals surface area contributed by atoms with Gasteiger partial charge in [-0.15, -0.1) is 0 Å². The average Bonchev–Trinajstić information content (AvgIpc) is 3.15. The van der Waals surface area contributed by atoms with E-state index in [4.69, 9.17) is 16.3 Å². The first-order chi connectivity index (χ1) is 13.1. The van der Waals surface area contributed by atoms with Crippen LogP contribution in [0.3, 0.4) is 0 Å². The largest absolute Gasteiger partial charge is 0.383 e. The summed E-state index contributed by atoms with van der Waals surface area (Å²) in [6, 6.07) is 11.4. The fourth-order valence-corrected chi connectivity index (χ4v) is 3.52. The molecule has 1 aliphatic rings. The van der Waals surface area contributed by atoms with Crippen molar-refractivity contribution in [3.63, 3.8) is 0 Å². The van der Waals surface area contributed by atoms with Crippen LogP contribution in [0, 0.1) is 0 Å². The quantitative estimate of drug-likeness (QED) is 0.740. The Bertz CT molecular complexity index is 788. The van der Waals surface area contributed by atoms with Crippen LogP contribution in [0.2, 0.25) is 5.02 Å². The number of methoxy groups -OCH3 is 1. The van der Waals surface area contributed by atoms with Crippen LogP contribution >= 0.6 is 11.6 Å². The Morgan fingerprint density at radius 1 is 1.19 bits per heavy atom. The molecule has 27 heavy (non-hydrogen) atoms. The molecule has 1 aromatic carbocycles. The zero-order valence-corrected chi connectivity index (χ0v) is 16.1. The summed E-state index contributed by atoms with van der Waals surface area (Å²) >= 11 is 6.03. The summed E-state index contributed by atoms with van der Waals surface area (Å²) in [5, 5.41) is 3.41. The van der Waals surface area contributed by atoms with Gasteiger partial charge >= 0.3 is 0 Å². The molecule has 0 radical (unpaired) electrons. The minimum atomic E-state index is -0.171. The van der Waals surface area contributed by atoms with Gasteiger partial charge in [-0.25, -0.2) is 0 Å². The molecule has 0 aliphatic carbocycles. The molecule has 1 atom stereocenters. The summed E-state index contributed by atoms with van der Waals surface area (Å²) in [6.07, 6.45) is 2.39. The number of nitrogens with one attached hydrogen (secondary N) is 1. The third-order valence-electron chi connectivity index (χ3n) is 4.74. The van der Waals surface area contributed by atoms with Crippen molar-refractivity contribution >= 4 is 23.4 Å². The lowest BCUT2D eigenvalue weighted by molar-refractivity contribution is -0.136. The van der Waals surface area contributed by atoms with Crippen LogP contribution in [0.4, 0.5) is 0 Å². The Kier molecular flexibility index (Phi) is 6.53. The minimum absolute atomic E-state index is 0.0238. The molecule has 2 aromatic rings. The van der Waals surface area contributed by atoms with Gasteiger partial charge in [0.15, 0.2) is 0 Å². The SMILES string of the molecule is COCCNC(=O)CCC(=O)N1CCn2cccc2C1c1ccc(Cl)cc1. The Morgan fingerprint density at radius 2 is 1.96 bits per heavy atom. The number of aromatic nitrogens is 1. The highest BCUT2D eigenvalue weighted by Crippen LogP contribution is 2.33. The second kappa shape index (κ2) is 9.06. The summed E-state index contributed by atoms with van der Waals surface area (Å²) in [4.78, 5) is 26.7. The molecule has 1 unspecified atom stereocenters. The maximum absolute atomic E-state index is 12.9. The van der Waals surface area contributed by atoms with Gasteiger partial charge in [0.2, 0.25) is 11.8 Å². The summed E-state index contributed by atoms with van der Waals surface area (Å²) < 4.78 is 7.08. The fourth-order valence-electron chi connectivity index (χ4n) is 3.39. The van der Waals surface area contributed by atoms with Crippen molar-refractivity contribution in [1.82, 2.24) is 14.8 Å². The van der Waals surface area contributed by atoms with E-state index in [9.17, 15) is 9.59 Å². The van der Waals surface area contributed by atoms with E-state index >= 15 is 0 Å². The number of nitrogens with zero attached hydrogens (tertiary/aromatic N) is 2. The van der Waals surface area contributed by atoms with E-state index in [1.807, 2.05) is 47.5 Å². The highest BCUT2D eigenvalue weighted by Gasteiger charge is 2.31. The van der Waals surface area contributed by atoms with Crippen LogP contribution in [0.1, 0.15) is 30.1 Å². The minimum Gasteiger partial charge on any atom is -0.383 e. The van der Waals surface area contributed by atoms with Crippen molar-refractivity contribution in [2.24, 2.45) is 0 Å². The maximum Gasteiger partial charge on any atom is 0.223 e. The lowest BCUT2D eigenvalue weighted by atomic mass is 9.99. The number of halogens is 1. The lowest BCUT2D eigenvalue weighted by Gasteiger charge is -2.37. The Morgan fingerprint density at radius 3 is 2.70 bits per heavy atom. The number of fused-ring (bicyclic) bond motifs is 1. The normalized spacial score (nSPS) is 16.1. The lowest BCUT2D eigenvalue weighted by Crippen LogP contribution is -2.42. The molecule has 2 amide bonds. The van der Waals surface area contributed by atoms with Gasteiger partial charge in [-0.05, 0) is 29.8 Å². The molecule has 6 nitrogen and oxygen atoms in total. The summed E-state index contributed by atoms with van der Waals surface area (Å²) in [7, 11) is 1.58. The molecule has 144 valence electrons. The molecule has 0 spiro atoms. The smallest absolute Gasteiger partial charge is 0.223 e. The topological polar surface area (TPSA) is 63.6 Å². The standard InChI is InChI=1S/C20H24ClN3O3/c1-27-14-10-22-18(25)8-9-19(26)24-13-12-23-11-2-3-17(23)20(24)15-4-6-16(21)7-5-15/h2-7,11,20H,8-10,12-14H2,1H3,(H,22,25). The van der Waals surface area contributed by atoms with E-state index in [0.29, 0.717) is 24.7 Å². The van der Waals surface area contributed by atoms with Crippen LogP contribution in [0.5, 0.6) is 0 Å². The van der Waals surface area contributed by atoms with E-state index in [0.717, 1.165) is 17.8 Å². The molecule has 0 fully saturated rings. The van der Waals surface area contributed by atoms with Gasteiger partial charge in [-0.3, -0.25) is 9.59 Å². The Balaban J connectivity index is 1.72. The second-order valence-corrected chi connectivity index (χ2v) is 6.95. The third-order valence-corrected chi connectivity index (χ3v) is 4.99. The number of carbonyl (C=O) groups excluding carboxylic acids is 2. The molecule has 3 rings (SSSR count). The number of hydrogen-bond donors (Lipinski definition) is 1. The van der Waals surface area contributed by atoms with E-state index in [1.54, 1.807) is 7.11 Å². The average molecular weight is 390 g/mol. The number of carbonyl (C=O) groups is 2. The van der Waals surface area contributed by atoms with Crippen LogP contribution in [-0.2, 0) is 20.9 Å². The zero-order valence-electron chi connectivity index (χ0n) is 15.4. The molecule has 1 aromatic heterocycles. The van der Waals surface area contributed by atoms with E-state index in [-0.39, 0.29) is 30.7 Å². The Hall–Kier alpha value is -2.31.